The van der Waals surface area contributed by atoms with Crippen molar-refractivity contribution >= 4 is 40.9 Å². The van der Waals surface area contributed by atoms with Crippen LogP contribution in [-0.2, 0) is 9.59 Å². The molecule has 1 heterocycles. The Bertz CT molecular complexity index is 558. The highest BCUT2D eigenvalue weighted by Gasteiger charge is 2.23. The van der Waals surface area contributed by atoms with Gasteiger partial charge in [-0.25, -0.2) is 4.39 Å². The Kier molecular flexibility index (Phi) is 5.44. The molecule has 1 saturated heterocycles. The van der Waals surface area contributed by atoms with Gasteiger partial charge in [-0.1, -0.05) is 11.6 Å². The predicted molar refractivity (Wildman–Crippen MR) is 81.6 cm³/mol. The van der Waals surface area contributed by atoms with Gasteiger partial charge in [-0.15, -0.1) is 11.8 Å². The Balaban J connectivity index is 1.81. The van der Waals surface area contributed by atoms with Gasteiger partial charge >= 0.3 is 0 Å². The molecule has 2 rings (SSSR count). The minimum atomic E-state index is -0.535. The van der Waals surface area contributed by atoms with E-state index in [-0.39, 0.29) is 34.1 Å². The van der Waals surface area contributed by atoms with E-state index < -0.39 is 5.82 Å². The minimum absolute atomic E-state index is 0.0375. The molecule has 3 N–H and O–H groups in total. The second kappa shape index (κ2) is 7.11. The number of carbonyl (C=O) groups is 2. The minimum Gasteiger partial charge on any atom is -0.332 e. The third-order valence-corrected chi connectivity index (χ3v) is 4.11. The molecule has 0 spiro atoms. The molecule has 0 saturated carbocycles. The van der Waals surface area contributed by atoms with Gasteiger partial charge < -0.3 is 10.6 Å². The van der Waals surface area contributed by atoms with Crippen LogP contribution in [-0.4, -0.2) is 29.1 Å². The molecule has 0 bridgehead atoms. The Labute approximate surface area is 131 Å². The lowest BCUT2D eigenvalue weighted by Gasteiger charge is -2.28. The first-order valence-corrected chi connectivity index (χ1v) is 7.78. The average Bonchev–Trinajstić information content (AvgIpc) is 2.40. The van der Waals surface area contributed by atoms with E-state index in [0.717, 1.165) is 0 Å². The predicted octanol–water partition coefficient (Wildman–Crippen LogP) is 1.93. The summed E-state index contributed by atoms with van der Waals surface area (Å²) in [6, 6.07) is 4.06. The topological polar surface area (TPSA) is 70.2 Å². The van der Waals surface area contributed by atoms with Crippen molar-refractivity contribution in [3.05, 3.63) is 29.0 Å². The van der Waals surface area contributed by atoms with Gasteiger partial charge in [0.2, 0.25) is 11.8 Å². The maximum atomic E-state index is 13.0. The zero-order chi connectivity index (χ0) is 15.4. The third kappa shape index (κ3) is 4.87. The summed E-state index contributed by atoms with van der Waals surface area (Å²) in [5.41, 5.74) is 0.143. The summed E-state index contributed by atoms with van der Waals surface area (Å²) < 4.78 is 13.0. The molecule has 2 amide bonds. The van der Waals surface area contributed by atoms with Crippen LogP contribution in [0.3, 0.4) is 0 Å². The van der Waals surface area contributed by atoms with Crippen LogP contribution in [0.4, 0.5) is 10.1 Å². The number of hydrogen-bond donors (Lipinski definition) is 3. The normalized spacial score (nSPS) is 21.8. The number of hydrogen-bond acceptors (Lipinski definition) is 4. The Morgan fingerprint density at radius 1 is 1.57 bits per heavy atom. The fraction of sp³-hybridized carbons (Fsp3) is 0.385. The van der Waals surface area contributed by atoms with Gasteiger partial charge in [-0.3, -0.25) is 14.9 Å². The van der Waals surface area contributed by atoms with Crippen molar-refractivity contribution < 1.29 is 14.0 Å². The van der Waals surface area contributed by atoms with Crippen LogP contribution in [0.25, 0.3) is 0 Å². The second-order valence-corrected chi connectivity index (χ2v) is 6.21. The highest BCUT2D eigenvalue weighted by Crippen LogP contribution is 2.20. The maximum absolute atomic E-state index is 13.0. The Morgan fingerprint density at radius 2 is 2.33 bits per heavy atom. The van der Waals surface area contributed by atoms with Crippen LogP contribution in [0.1, 0.15) is 13.3 Å². The van der Waals surface area contributed by atoms with Crippen molar-refractivity contribution in [2.24, 2.45) is 0 Å². The van der Waals surface area contributed by atoms with Crippen molar-refractivity contribution in [3.63, 3.8) is 0 Å². The van der Waals surface area contributed by atoms with Gasteiger partial charge in [0.05, 0.1) is 10.8 Å². The molecule has 5 nitrogen and oxygen atoms in total. The number of nitrogens with one attached hydrogen (secondary N) is 3. The first-order valence-electron chi connectivity index (χ1n) is 6.36. The number of halogens is 2. The SMILES string of the molecule is CC1CC(=O)NC(SCC(=O)Nc2ccc(F)c(Cl)c2)N1. The molecule has 0 radical (unpaired) electrons. The highest BCUT2D eigenvalue weighted by atomic mass is 35.5. The van der Waals surface area contributed by atoms with E-state index in [1.54, 1.807) is 0 Å². The molecular weight excluding hydrogens is 317 g/mol. The summed E-state index contributed by atoms with van der Waals surface area (Å²) in [6.07, 6.45) is 0.428. The van der Waals surface area contributed by atoms with E-state index in [0.29, 0.717) is 12.1 Å². The van der Waals surface area contributed by atoms with E-state index >= 15 is 0 Å². The Morgan fingerprint density at radius 3 is 3.00 bits per heavy atom. The number of thioether (sulfide) groups is 1. The quantitative estimate of drug-likeness (QED) is 0.788. The number of benzene rings is 1. The summed E-state index contributed by atoms with van der Waals surface area (Å²) in [5, 5.41) is 8.48. The summed E-state index contributed by atoms with van der Waals surface area (Å²) in [6.45, 7) is 1.91. The van der Waals surface area contributed by atoms with Crippen LogP contribution >= 0.6 is 23.4 Å². The van der Waals surface area contributed by atoms with Crippen molar-refractivity contribution in [1.82, 2.24) is 10.6 Å². The maximum Gasteiger partial charge on any atom is 0.234 e. The zero-order valence-corrected chi connectivity index (χ0v) is 12.9. The van der Waals surface area contributed by atoms with Crippen LogP contribution in [0.5, 0.6) is 0 Å². The third-order valence-electron chi connectivity index (χ3n) is 2.80. The summed E-state index contributed by atoms with van der Waals surface area (Å²) >= 11 is 6.92. The molecule has 2 atom stereocenters. The van der Waals surface area contributed by atoms with Crippen LogP contribution < -0.4 is 16.0 Å². The molecule has 1 aromatic carbocycles. The van der Waals surface area contributed by atoms with E-state index in [1.165, 1.54) is 30.0 Å². The summed E-state index contributed by atoms with van der Waals surface area (Å²) in [7, 11) is 0. The lowest BCUT2D eigenvalue weighted by molar-refractivity contribution is -0.123. The standard InChI is InChI=1S/C13H15ClFN3O2S/c1-7-4-11(19)18-13(16-7)21-6-12(20)17-8-2-3-10(15)9(14)5-8/h2-3,5,7,13,16H,4,6H2,1H3,(H,17,20)(H,18,19). The molecule has 8 heteroatoms. The molecular formula is C13H15ClFN3O2S. The van der Waals surface area contributed by atoms with Crippen molar-refractivity contribution in [2.45, 2.75) is 24.9 Å². The number of carbonyl (C=O) groups excluding carboxylic acids is 2. The highest BCUT2D eigenvalue weighted by molar-refractivity contribution is 8.00. The van der Waals surface area contributed by atoms with E-state index in [4.69, 9.17) is 11.6 Å². The zero-order valence-electron chi connectivity index (χ0n) is 11.3. The fourth-order valence-corrected chi connectivity index (χ4v) is 2.98. The van der Waals surface area contributed by atoms with Gasteiger partial charge in [-0.05, 0) is 25.1 Å². The Hall–Kier alpha value is -1.31. The lowest BCUT2D eigenvalue weighted by atomic mass is 10.2. The second-order valence-electron chi connectivity index (χ2n) is 4.71. The van der Waals surface area contributed by atoms with Gasteiger partial charge in [-0.2, -0.15) is 0 Å². The smallest absolute Gasteiger partial charge is 0.234 e. The largest absolute Gasteiger partial charge is 0.332 e. The van der Waals surface area contributed by atoms with Crippen molar-refractivity contribution in [2.75, 3.05) is 11.1 Å². The van der Waals surface area contributed by atoms with E-state index in [9.17, 15) is 14.0 Å². The number of rotatable bonds is 4. The molecule has 1 fully saturated rings. The first kappa shape index (κ1) is 16.1. The van der Waals surface area contributed by atoms with Gasteiger partial charge in [0, 0.05) is 18.2 Å². The van der Waals surface area contributed by atoms with Gasteiger partial charge in [0.1, 0.15) is 11.3 Å². The molecule has 2 unspecified atom stereocenters. The van der Waals surface area contributed by atoms with Gasteiger partial charge in [0.25, 0.3) is 0 Å². The molecule has 0 aliphatic carbocycles. The number of amides is 2. The summed E-state index contributed by atoms with van der Waals surface area (Å²) in [4.78, 5) is 23.2. The van der Waals surface area contributed by atoms with Gasteiger partial charge in [0.15, 0.2) is 0 Å². The van der Waals surface area contributed by atoms with Crippen LogP contribution in [0, 0.1) is 5.82 Å². The molecule has 1 aliphatic rings. The molecule has 21 heavy (non-hydrogen) atoms. The molecule has 114 valence electrons. The fourth-order valence-electron chi connectivity index (χ4n) is 1.86. The van der Waals surface area contributed by atoms with Crippen molar-refractivity contribution in [1.29, 1.82) is 0 Å². The van der Waals surface area contributed by atoms with Crippen LogP contribution in [0.2, 0.25) is 5.02 Å². The summed E-state index contributed by atoms with van der Waals surface area (Å²) in [5.74, 6) is -0.673. The number of anilines is 1. The molecule has 1 aliphatic heterocycles. The molecule has 1 aromatic rings. The average molecular weight is 332 g/mol. The van der Waals surface area contributed by atoms with Crippen LogP contribution in [0.15, 0.2) is 18.2 Å². The molecule has 0 aromatic heterocycles. The van der Waals surface area contributed by atoms with E-state index in [1.807, 2.05) is 6.92 Å². The first-order chi connectivity index (χ1) is 9.94. The lowest BCUT2D eigenvalue weighted by Crippen LogP contribution is -2.53. The monoisotopic (exact) mass is 331 g/mol. The van der Waals surface area contributed by atoms with Crippen molar-refractivity contribution in [3.8, 4) is 0 Å². The van der Waals surface area contributed by atoms with E-state index in [2.05, 4.69) is 16.0 Å².